The van der Waals surface area contributed by atoms with Gasteiger partial charge in [-0.05, 0) is 57.3 Å². The highest BCUT2D eigenvalue weighted by Crippen LogP contribution is 2.28. The van der Waals surface area contributed by atoms with Crippen molar-refractivity contribution in [2.24, 2.45) is 0 Å². The van der Waals surface area contributed by atoms with E-state index in [4.69, 9.17) is 0 Å². The van der Waals surface area contributed by atoms with Crippen molar-refractivity contribution < 1.29 is 0 Å². The van der Waals surface area contributed by atoms with Crippen molar-refractivity contribution in [2.75, 3.05) is 0 Å². The molecule has 16 heavy (non-hydrogen) atoms. The molecule has 0 aliphatic carbocycles. The summed E-state index contributed by atoms with van der Waals surface area (Å²) in [5, 5.41) is 0. The molecule has 0 bridgehead atoms. The second kappa shape index (κ2) is 5.00. The minimum absolute atomic E-state index is 0.583. The Morgan fingerprint density at radius 2 is 1.62 bits per heavy atom. The van der Waals surface area contributed by atoms with Gasteiger partial charge in [0.1, 0.15) is 0 Å². The van der Waals surface area contributed by atoms with Gasteiger partial charge in [-0.1, -0.05) is 50.2 Å². The molecule has 1 heteroatoms. The predicted molar refractivity (Wildman–Crippen MR) is 78.7 cm³/mol. The molecule has 0 unspecified atom stereocenters. The van der Waals surface area contributed by atoms with E-state index in [2.05, 4.69) is 85.0 Å². The summed E-state index contributed by atoms with van der Waals surface area (Å²) in [6.07, 6.45) is 0. The van der Waals surface area contributed by atoms with Crippen LogP contribution in [0.25, 0.3) is 11.1 Å². The van der Waals surface area contributed by atoms with Crippen molar-refractivity contribution in [3.05, 3.63) is 57.7 Å². The number of hydrogen-bond acceptors (Lipinski definition) is 0. The summed E-state index contributed by atoms with van der Waals surface area (Å²) < 4.78 is 1.31. The van der Waals surface area contributed by atoms with E-state index in [0.717, 1.165) is 0 Å². The van der Waals surface area contributed by atoms with E-state index in [1.165, 1.54) is 20.3 Å². The highest BCUT2D eigenvalue weighted by atomic mass is 127. The average Bonchev–Trinajstić information content (AvgIpc) is 2.30. The van der Waals surface area contributed by atoms with Crippen LogP contribution in [0.1, 0.15) is 25.3 Å². The first kappa shape index (κ1) is 11.6. The van der Waals surface area contributed by atoms with E-state index in [-0.39, 0.29) is 0 Å². The van der Waals surface area contributed by atoms with Crippen LogP contribution in [0.3, 0.4) is 0 Å². The van der Waals surface area contributed by atoms with Gasteiger partial charge in [0, 0.05) is 3.57 Å². The third-order valence-electron chi connectivity index (χ3n) is 2.74. The van der Waals surface area contributed by atoms with Crippen molar-refractivity contribution >= 4 is 22.6 Å². The van der Waals surface area contributed by atoms with Crippen molar-refractivity contribution in [3.8, 4) is 11.1 Å². The molecule has 0 atom stereocenters. The zero-order valence-corrected chi connectivity index (χ0v) is 11.7. The number of hydrogen-bond donors (Lipinski definition) is 0. The van der Waals surface area contributed by atoms with Crippen LogP contribution in [0.15, 0.2) is 48.5 Å². The lowest BCUT2D eigenvalue weighted by Crippen LogP contribution is -1.90. The van der Waals surface area contributed by atoms with Crippen LogP contribution < -0.4 is 0 Å². The molecule has 0 radical (unpaired) electrons. The standard InChI is InChI=1S/C15H15I/c1-11(2)13-8-9-15(16)14(10-13)12-6-4-3-5-7-12/h3-11H,1-2H3. The van der Waals surface area contributed by atoms with E-state index in [0.29, 0.717) is 5.92 Å². The summed E-state index contributed by atoms with van der Waals surface area (Å²) in [5.41, 5.74) is 4.04. The summed E-state index contributed by atoms with van der Waals surface area (Å²) in [5.74, 6) is 0.583. The predicted octanol–water partition coefficient (Wildman–Crippen LogP) is 5.08. The molecule has 0 N–H and O–H groups in total. The molecule has 2 aromatic carbocycles. The van der Waals surface area contributed by atoms with Gasteiger partial charge in [-0.15, -0.1) is 0 Å². The Morgan fingerprint density at radius 1 is 0.938 bits per heavy atom. The van der Waals surface area contributed by atoms with Gasteiger partial charge in [0.2, 0.25) is 0 Å². The van der Waals surface area contributed by atoms with Gasteiger partial charge in [-0.2, -0.15) is 0 Å². The Balaban J connectivity index is 2.52. The number of halogens is 1. The molecule has 0 fully saturated rings. The fraction of sp³-hybridized carbons (Fsp3) is 0.200. The first-order chi connectivity index (χ1) is 7.68. The van der Waals surface area contributed by atoms with Gasteiger partial charge in [0.25, 0.3) is 0 Å². The molecule has 0 nitrogen and oxygen atoms in total. The highest BCUT2D eigenvalue weighted by Gasteiger charge is 2.05. The first-order valence-electron chi connectivity index (χ1n) is 5.53. The fourth-order valence-corrected chi connectivity index (χ4v) is 2.39. The number of rotatable bonds is 2. The molecule has 0 saturated heterocycles. The molecule has 0 saturated carbocycles. The monoisotopic (exact) mass is 322 g/mol. The van der Waals surface area contributed by atoms with Crippen LogP contribution >= 0.6 is 22.6 Å². The van der Waals surface area contributed by atoms with Gasteiger partial charge in [0.15, 0.2) is 0 Å². The Labute approximate surface area is 111 Å². The first-order valence-corrected chi connectivity index (χ1v) is 6.61. The molecule has 82 valence electrons. The molecule has 2 aromatic rings. The van der Waals surface area contributed by atoms with Crippen LogP contribution in [0, 0.1) is 3.57 Å². The molecule has 0 heterocycles. The maximum absolute atomic E-state index is 2.40. The third kappa shape index (κ3) is 2.46. The van der Waals surface area contributed by atoms with E-state index < -0.39 is 0 Å². The van der Waals surface area contributed by atoms with Gasteiger partial charge >= 0.3 is 0 Å². The zero-order chi connectivity index (χ0) is 11.5. The maximum atomic E-state index is 2.40. The summed E-state index contributed by atoms with van der Waals surface area (Å²) in [4.78, 5) is 0. The second-order valence-corrected chi connectivity index (χ2v) is 5.42. The summed E-state index contributed by atoms with van der Waals surface area (Å²) in [6, 6.07) is 17.3. The molecular formula is C15H15I. The Hall–Kier alpha value is -0.830. The largest absolute Gasteiger partial charge is 0.0622 e. The molecule has 0 aromatic heterocycles. The Kier molecular flexibility index (Phi) is 3.64. The van der Waals surface area contributed by atoms with Crippen LogP contribution in [0.5, 0.6) is 0 Å². The highest BCUT2D eigenvalue weighted by molar-refractivity contribution is 14.1. The average molecular weight is 322 g/mol. The fourth-order valence-electron chi connectivity index (χ4n) is 1.74. The van der Waals surface area contributed by atoms with Crippen LogP contribution in [0.4, 0.5) is 0 Å². The molecule has 0 amide bonds. The third-order valence-corrected chi connectivity index (χ3v) is 3.68. The van der Waals surface area contributed by atoms with Crippen molar-refractivity contribution in [1.29, 1.82) is 0 Å². The summed E-state index contributed by atoms with van der Waals surface area (Å²) >= 11 is 2.40. The lowest BCUT2D eigenvalue weighted by molar-refractivity contribution is 0.867. The summed E-state index contributed by atoms with van der Waals surface area (Å²) in [7, 11) is 0. The molecule has 0 spiro atoms. The van der Waals surface area contributed by atoms with Crippen LogP contribution in [-0.4, -0.2) is 0 Å². The van der Waals surface area contributed by atoms with Crippen molar-refractivity contribution in [1.82, 2.24) is 0 Å². The normalized spacial score (nSPS) is 10.8. The van der Waals surface area contributed by atoms with E-state index >= 15 is 0 Å². The maximum Gasteiger partial charge on any atom is 0.0208 e. The molecule has 0 aliphatic rings. The Bertz CT molecular complexity index is 472. The van der Waals surface area contributed by atoms with Crippen LogP contribution in [-0.2, 0) is 0 Å². The molecule has 0 aliphatic heterocycles. The quantitative estimate of drug-likeness (QED) is 0.676. The van der Waals surface area contributed by atoms with Gasteiger partial charge < -0.3 is 0 Å². The number of benzene rings is 2. The SMILES string of the molecule is CC(C)c1ccc(I)c(-c2ccccc2)c1. The second-order valence-electron chi connectivity index (χ2n) is 4.26. The summed E-state index contributed by atoms with van der Waals surface area (Å²) in [6.45, 7) is 4.47. The van der Waals surface area contributed by atoms with Gasteiger partial charge in [-0.25, -0.2) is 0 Å². The van der Waals surface area contributed by atoms with Gasteiger partial charge in [-0.3, -0.25) is 0 Å². The van der Waals surface area contributed by atoms with E-state index in [9.17, 15) is 0 Å². The van der Waals surface area contributed by atoms with Gasteiger partial charge in [0.05, 0.1) is 0 Å². The lowest BCUT2D eigenvalue weighted by atomic mass is 9.97. The smallest absolute Gasteiger partial charge is 0.0208 e. The van der Waals surface area contributed by atoms with Crippen molar-refractivity contribution in [3.63, 3.8) is 0 Å². The molecule has 2 rings (SSSR count). The van der Waals surface area contributed by atoms with E-state index in [1.807, 2.05) is 0 Å². The minimum Gasteiger partial charge on any atom is -0.0622 e. The molecular weight excluding hydrogens is 307 g/mol. The Morgan fingerprint density at radius 3 is 2.25 bits per heavy atom. The zero-order valence-electron chi connectivity index (χ0n) is 9.57. The minimum atomic E-state index is 0.583. The lowest BCUT2D eigenvalue weighted by Gasteiger charge is -2.10. The topological polar surface area (TPSA) is 0 Å². The van der Waals surface area contributed by atoms with Crippen LogP contribution in [0.2, 0.25) is 0 Å². The van der Waals surface area contributed by atoms with E-state index in [1.54, 1.807) is 0 Å². The van der Waals surface area contributed by atoms with Crippen molar-refractivity contribution in [2.45, 2.75) is 19.8 Å².